The molecule has 2 heterocycles. The number of para-hydroxylation sites is 4. The Labute approximate surface area is 407 Å². The molecular weight excluding hydrogens is 845 g/mol. The Balaban J connectivity index is 1.01. The topological polar surface area (TPSA) is 8.17 Å². The summed E-state index contributed by atoms with van der Waals surface area (Å²) in [5.74, 6) is 0. The summed E-state index contributed by atoms with van der Waals surface area (Å²) in [6.07, 6.45) is 0. The van der Waals surface area contributed by atoms with E-state index in [9.17, 15) is 0 Å². The van der Waals surface area contributed by atoms with Gasteiger partial charge in [-0.25, -0.2) is 0 Å². The largest absolute Gasteiger partial charge is 0.309 e. The summed E-state index contributed by atoms with van der Waals surface area (Å²) in [5.41, 5.74) is 23.8. The van der Waals surface area contributed by atoms with Crippen LogP contribution in [0.1, 0.15) is 44.5 Å². The average Bonchev–Trinajstić information content (AvgIpc) is 4.05. The zero-order valence-corrected chi connectivity index (χ0v) is 38.3. The van der Waals surface area contributed by atoms with E-state index in [0.717, 1.165) is 17.1 Å². The van der Waals surface area contributed by atoms with Crippen LogP contribution in [-0.2, 0) is 10.8 Å². The summed E-state index contributed by atoms with van der Waals surface area (Å²) >= 11 is 0. The van der Waals surface area contributed by atoms with Crippen LogP contribution in [0.3, 0.4) is 0 Å². The molecule has 1 spiro atoms. The molecule has 2 nitrogen and oxygen atoms in total. The van der Waals surface area contributed by atoms with Crippen molar-refractivity contribution in [2.75, 3.05) is 4.90 Å². The smallest absolute Gasteiger partial charge is 0.0755 e. The second-order valence-electron chi connectivity index (χ2n) is 19.0. The van der Waals surface area contributed by atoms with Gasteiger partial charge in [0.2, 0.25) is 0 Å². The van der Waals surface area contributed by atoms with Crippen molar-refractivity contribution < 1.29 is 0 Å². The first kappa shape index (κ1) is 39.1. The summed E-state index contributed by atoms with van der Waals surface area (Å²) in [6, 6.07) is 99.8. The zero-order valence-electron chi connectivity index (χ0n) is 38.3. The third kappa shape index (κ3) is 5.02. The Morgan fingerprint density at radius 3 is 1.54 bits per heavy atom. The fourth-order valence-electron chi connectivity index (χ4n) is 13.3. The van der Waals surface area contributed by atoms with Gasteiger partial charge in [-0.1, -0.05) is 231 Å². The van der Waals surface area contributed by atoms with Crippen molar-refractivity contribution in [3.63, 3.8) is 0 Å². The van der Waals surface area contributed by atoms with Crippen LogP contribution >= 0.6 is 0 Å². The van der Waals surface area contributed by atoms with E-state index in [0.29, 0.717) is 0 Å². The highest BCUT2D eigenvalue weighted by Gasteiger charge is 2.52. The molecular formula is C68H44N2. The lowest BCUT2D eigenvalue weighted by atomic mass is 9.65. The van der Waals surface area contributed by atoms with Gasteiger partial charge in [-0.3, -0.25) is 0 Å². The van der Waals surface area contributed by atoms with Crippen LogP contribution in [0.5, 0.6) is 0 Å². The molecule has 70 heavy (non-hydrogen) atoms. The van der Waals surface area contributed by atoms with E-state index in [2.05, 4.69) is 276 Å². The molecule has 1 aliphatic heterocycles. The molecule has 0 saturated carbocycles. The molecule has 1 atom stereocenters. The highest BCUT2D eigenvalue weighted by atomic mass is 15.1. The Morgan fingerprint density at radius 2 is 0.800 bits per heavy atom. The predicted molar refractivity (Wildman–Crippen MR) is 289 cm³/mol. The van der Waals surface area contributed by atoms with Gasteiger partial charge in [0.25, 0.3) is 0 Å². The van der Waals surface area contributed by atoms with Crippen molar-refractivity contribution in [2.45, 2.75) is 10.8 Å². The van der Waals surface area contributed by atoms with Crippen molar-refractivity contribution in [1.82, 2.24) is 4.57 Å². The summed E-state index contributed by atoms with van der Waals surface area (Å²) in [6.45, 7) is 0. The molecule has 1 aromatic heterocycles. The monoisotopic (exact) mass is 888 g/mol. The van der Waals surface area contributed by atoms with E-state index >= 15 is 0 Å². The van der Waals surface area contributed by atoms with Gasteiger partial charge in [0.05, 0.1) is 38.9 Å². The van der Waals surface area contributed by atoms with E-state index in [-0.39, 0.29) is 0 Å². The van der Waals surface area contributed by atoms with Crippen LogP contribution in [0.2, 0.25) is 0 Å². The highest BCUT2D eigenvalue weighted by Crippen LogP contribution is 2.64. The van der Waals surface area contributed by atoms with E-state index in [4.69, 9.17) is 0 Å². The number of anilines is 3. The van der Waals surface area contributed by atoms with Crippen LogP contribution in [-0.4, -0.2) is 4.57 Å². The molecule has 0 fully saturated rings. The van der Waals surface area contributed by atoms with Crippen molar-refractivity contribution in [1.29, 1.82) is 0 Å². The minimum atomic E-state index is -0.581. The Hall–Kier alpha value is -8.98. The highest BCUT2D eigenvalue weighted by molar-refractivity contribution is 6.13. The van der Waals surface area contributed by atoms with Gasteiger partial charge >= 0.3 is 0 Å². The third-order valence-corrected chi connectivity index (χ3v) is 15.9. The minimum Gasteiger partial charge on any atom is -0.309 e. The summed E-state index contributed by atoms with van der Waals surface area (Å²) in [4.78, 5) is 2.54. The maximum Gasteiger partial charge on any atom is 0.0755 e. The van der Waals surface area contributed by atoms with Crippen LogP contribution in [0.15, 0.2) is 267 Å². The maximum atomic E-state index is 2.54. The van der Waals surface area contributed by atoms with E-state index in [1.807, 2.05) is 0 Å². The molecule has 0 radical (unpaired) electrons. The molecule has 2 heteroatoms. The number of hydrogen-bond donors (Lipinski definition) is 0. The molecule has 0 amide bonds. The van der Waals surface area contributed by atoms with E-state index in [1.165, 1.54) is 105 Å². The zero-order chi connectivity index (χ0) is 46.0. The number of benzene rings is 11. The molecule has 0 bridgehead atoms. The van der Waals surface area contributed by atoms with Gasteiger partial charge in [0.15, 0.2) is 0 Å². The van der Waals surface area contributed by atoms with Crippen molar-refractivity contribution in [2.24, 2.45) is 0 Å². The molecule has 0 saturated heterocycles. The molecule has 1 unspecified atom stereocenters. The first-order valence-corrected chi connectivity index (χ1v) is 24.4. The summed E-state index contributed by atoms with van der Waals surface area (Å²) in [5, 5.41) is 2.56. The maximum absolute atomic E-state index is 2.54. The van der Waals surface area contributed by atoms with Gasteiger partial charge in [-0.05, 0) is 103 Å². The lowest BCUT2D eigenvalue weighted by molar-refractivity contribution is 0.748. The second kappa shape index (κ2) is 14.8. The molecule has 3 aliphatic rings. The Kier molecular flexibility index (Phi) is 8.24. The number of hydrogen-bond acceptors (Lipinski definition) is 1. The summed E-state index contributed by atoms with van der Waals surface area (Å²) < 4.78 is 2.53. The van der Waals surface area contributed by atoms with Crippen molar-refractivity contribution in [3.05, 3.63) is 311 Å². The normalized spacial score (nSPS) is 15.3. The number of rotatable bonds is 6. The van der Waals surface area contributed by atoms with Crippen LogP contribution < -0.4 is 4.90 Å². The third-order valence-electron chi connectivity index (χ3n) is 15.9. The van der Waals surface area contributed by atoms with Gasteiger partial charge in [0, 0.05) is 27.6 Å². The lowest BCUT2D eigenvalue weighted by Crippen LogP contribution is -2.33. The SMILES string of the molecule is c1ccc(-c2ccccc2N(c2ccc(C3(c4ccccc4)c4ccccc4-c4ccccc43)cc2)c2cccc3c2-c2ccccc2C32c3ccccc3-n3c4ccccc4c4cccc2c43)cc1. The number of aromatic nitrogens is 1. The molecule has 11 aromatic carbocycles. The van der Waals surface area contributed by atoms with E-state index in [1.54, 1.807) is 0 Å². The minimum absolute atomic E-state index is 0.503. The van der Waals surface area contributed by atoms with E-state index < -0.39 is 10.8 Å². The molecule has 12 aromatic rings. The fraction of sp³-hybridized carbons (Fsp3) is 0.0294. The Bertz CT molecular complexity index is 4020. The Morgan fingerprint density at radius 1 is 0.300 bits per heavy atom. The van der Waals surface area contributed by atoms with Crippen LogP contribution in [0.25, 0.3) is 60.9 Å². The van der Waals surface area contributed by atoms with Crippen molar-refractivity contribution in [3.8, 4) is 39.1 Å². The molecule has 0 N–H and O–H groups in total. The predicted octanol–water partition coefficient (Wildman–Crippen LogP) is 17.0. The second-order valence-corrected chi connectivity index (χ2v) is 19.0. The average molecular weight is 889 g/mol. The van der Waals surface area contributed by atoms with Crippen molar-refractivity contribution >= 4 is 38.9 Å². The first-order valence-electron chi connectivity index (χ1n) is 24.4. The van der Waals surface area contributed by atoms with Gasteiger partial charge in [-0.2, -0.15) is 0 Å². The quantitative estimate of drug-likeness (QED) is 0.161. The van der Waals surface area contributed by atoms with Crippen LogP contribution in [0.4, 0.5) is 17.1 Å². The molecule has 326 valence electrons. The first-order chi connectivity index (χ1) is 34.8. The number of fused-ring (bicyclic) bond motifs is 15. The van der Waals surface area contributed by atoms with Gasteiger partial charge < -0.3 is 9.47 Å². The number of nitrogens with zero attached hydrogens (tertiary/aromatic N) is 2. The van der Waals surface area contributed by atoms with Gasteiger partial charge in [-0.15, -0.1) is 0 Å². The molecule has 2 aliphatic carbocycles. The van der Waals surface area contributed by atoms with Gasteiger partial charge in [0.1, 0.15) is 0 Å². The fourth-order valence-corrected chi connectivity index (χ4v) is 13.3. The summed E-state index contributed by atoms with van der Waals surface area (Å²) in [7, 11) is 0. The molecule has 15 rings (SSSR count). The standard InChI is InChI=1S/C68H44N2/c1-3-21-45(22-4-1)49-25-10-16-37-61(49)69(48-43-41-47(42-44-48)67(46-23-5-2-6-24-46)55-31-12-7-26-50(55)51-27-8-13-32-56(51)67)64-40-20-35-59-65(64)54-29-9-14-33-57(54)68(59)58-34-15-18-39-63(58)70-62-38-17-11-28-52(62)53-30-19-36-60(68)66(53)70/h1-44H. The van der Waals surface area contributed by atoms with Crippen LogP contribution in [0, 0.1) is 0 Å². The lowest BCUT2D eigenvalue weighted by Gasteiger charge is -2.39.